The van der Waals surface area contributed by atoms with Gasteiger partial charge in [-0.3, -0.25) is 13.9 Å². The number of rotatable bonds is 14. The van der Waals surface area contributed by atoms with E-state index in [0.717, 1.165) is 17.4 Å². The van der Waals surface area contributed by atoms with Crippen LogP contribution in [0.5, 0.6) is 11.5 Å². The number of hydrogen-bond acceptors (Lipinski definition) is 15. The van der Waals surface area contributed by atoms with Gasteiger partial charge in [0.15, 0.2) is 6.23 Å². The van der Waals surface area contributed by atoms with Crippen molar-refractivity contribution >= 4 is 49.4 Å². The van der Waals surface area contributed by atoms with Gasteiger partial charge in [-0.25, -0.2) is 9.78 Å². The standard InChI is InChI=1S/C37H35Cl2N6O11P/c38-24-2-1-3-25(39)30(24)31-22(33(55-43-31)20-4-5-20)15-52-21-6-7-23(37(49)17-44(18-37)29-12-19(14-46)8-10-41-29)26(13-21)53-16-27-34(56-57(50)51)32(47)35(54-27)45-11-9-28(40)42-36(45)48/h1-3,6-14,20,27,32,34-35,47,49,57H,4-5,15-18H2,(H,50,51)(H2,40,42,48)/t27-,32-,34-,35-/m1/s1. The number of nitrogen functional groups attached to an aromatic ring is 1. The molecule has 3 fully saturated rings. The van der Waals surface area contributed by atoms with Gasteiger partial charge in [-0.1, -0.05) is 34.4 Å². The number of carbonyl (C=O) groups is 1. The molecule has 0 bridgehead atoms. The third-order valence-corrected chi connectivity index (χ3v) is 11.1. The number of β-amino-alcohol motifs (C(OH)–C–C–N with tert-alkyl or cyclic N) is 1. The molecule has 5 atom stereocenters. The van der Waals surface area contributed by atoms with E-state index in [4.69, 9.17) is 52.2 Å². The molecule has 0 amide bonds. The van der Waals surface area contributed by atoms with Crippen LogP contribution < -0.4 is 25.8 Å². The van der Waals surface area contributed by atoms with Crippen LogP contribution in [0.3, 0.4) is 0 Å². The van der Waals surface area contributed by atoms with E-state index >= 15 is 0 Å². The maximum absolute atomic E-state index is 12.6. The number of ether oxygens (including phenoxy) is 3. The molecule has 1 saturated carbocycles. The van der Waals surface area contributed by atoms with Crippen molar-refractivity contribution in [2.24, 2.45) is 0 Å². The average molecular weight is 842 g/mol. The normalized spacial score (nSPS) is 21.9. The van der Waals surface area contributed by atoms with Crippen molar-refractivity contribution in [1.82, 2.24) is 19.7 Å². The minimum atomic E-state index is -3.61. The predicted molar refractivity (Wildman–Crippen MR) is 205 cm³/mol. The lowest BCUT2D eigenvalue weighted by atomic mass is 9.85. The highest BCUT2D eigenvalue weighted by atomic mass is 35.5. The van der Waals surface area contributed by atoms with Gasteiger partial charge in [-0.15, -0.1) is 0 Å². The maximum atomic E-state index is 12.6. The minimum absolute atomic E-state index is 0.00642. The van der Waals surface area contributed by atoms with Crippen molar-refractivity contribution in [2.45, 2.75) is 55.5 Å². The molecule has 57 heavy (non-hydrogen) atoms. The number of aliphatic hydroxyl groups excluding tert-OH is 1. The Balaban J connectivity index is 1.09. The molecular formula is C37H35Cl2N6O11P. The van der Waals surface area contributed by atoms with Gasteiger partial charge >= 0.3 is 13.9 Å². The van der Waals surface area contributed by atoms with Gasteiger partial charge in [0, 0.05) is 41.1 Å². The Morgan fingerprint density at radius 2 is 1.86 bits per heavy atom. The fourth-order valence-electron chi connectivity index (χ4n) is 7.03. The molecule has 0 radical (unpaired) electrons. The Morgan fingerprint density at radius 1 is 1.09 bits per heavy atom. The van der Waals surface area contributed by atoms with E-state index in [0.29, 0.717) is 61.6 Å². The number of carbonyl (C=O) groups excluding carboxylic acids is 1. The lowest BCUT2D eigenvalue weighted by molar-refractivity contribution is -0.0521. The second kappa shape index (κ2) is 15.8. The molecule has 2 saturated heterocycles. The van der Waals surface area contributed by atoms with Crippen LogP contribution in [0.15, 0.2) is 76.3 Å². The number of nitrogens with zero attached hydrogens (tertiary/aromatic N) is 5. The van der Waals surface area contributed by atoms with E-state index in [-0.39, 0.29) is 43.8 Å². The quantitative estimate of drug-likeness (QED) is 0.0903. The van der Waals surface area contributed by atoms with E-state index in [1.165, 1.54) is 18.5 Å². The molecule has 0 spiro atoms. The van der Waals surface area contributed by atoms with Crippen molar-refractivity contribution in [3.8, 4) is 22.8 Å². The van der Waals surface area contributed by atoms with Crippen molar-refractivity contribution in [1.29, 1.82) is 0 Å². The highest BCUT2D eigenvalue weighted by Gasteiger charge is 2.49. The molecule has 5 heterocycles. The summed E-state index contributed by atoms with van der Waals surface area (Å²) in [4.78, 5) is 43.5. The minimum Gasteiger partial charge on any atom is -0.490 e. The molecular weight excluding hydrogens is 806 g/mol. The molecule has 20 heteroatoms. The first kappa shape index (κ1) is 39.0. The predicted octanol–water partition coefficient (Wildman–Crippen LogP) is 4.26. The fourth-order valence-corrected chi connectivity index (χ4v) is 8.14. The molecule has 2 aromatic carbocycles. The van der Waals surface area contributed by atoms with Crippen molar-refractivity contribution in [3.63, 3.8) is 0 Å². The third kappa shape index (κ3) is 7.89. The number of aromatic nitrogens is 4. The zero-order chi connectivity index (χ0) is 40.0. The van der Waals surface area contributed by atoms with Gasteiger partial charge in [-0.2, -0.15) is 4.98 Å². The number of halogens is 2. The van der Waals surface area contributed by atoms with Crippen molar-refractivity contribution in [3.05, 3.63) is 110 Å². The van der Waals surface area contributed by atoms with Crippen LogP contribution in [0.2, 0.25) is 10.0 Å². The van der Waals surface area contributed by atoms with Gasteiger partial charge < -0.3 is 49.0 Å². The summed E-state index contributed by atoms with van der Waals surface area (Å²) in [6.07, 6.45) is -0.252. The van der Waals surface area contributed by atoms with Gasteiger partial charge in [-0.05, 0) is 55.3 Å². The van der Waals surface area contributed by atoms with Gasteiger partial charge in [0.25, 0.3) is 0 Å². The molecule has 5 aromatic rings. The maximum Gasteiger partial charge on any atom is 0.351 e. The number of aldehydes is 1. The van der Waals surface area contributed by atoms with Crippen LogP contribution in [0.4, 0.5) is 11.6 Å². The number of anilines is 2. The third-order valence-electron chi connectivity index (χ3n) is 10.0. The molecule has 298 valence electrons. The monoisotopic (exact) mass is 840 g/mol. The first-order valence-corrected chi connectivity index (χ1v) is 19.7. The SMILES string of the molecule is Nc1ccn([C@@H]2O[C@H](COc3cc(OCc4c(-c5c(Cl)cccc5Cl)noc4C4CC4)ccc3C3(O)CN(c4cc(C=O)ccn4)C3)[C@@H](O[PH](=O)O)[C@H]2O)c(=O)n1. The Labute approximate surface area is 334 Å². The summed E-state index contributed by atoms with van der Waals surface area (Å²) >= 11 is 13.1. The fraction of sp³-hybridized carbons (Fsp3) is 0.324. The summed E-state index contributed by atoms with van der Waals surface area (Å²) in [5.41, 5.74) is 5.74. The van der Waals surface area contributed by atoms with Crippen LogP contribution in [-0.4, -0.2) is 79.1 Å². The van der Waals surface area contributed by atoms with Crippen LogP contribution in [-0.2, 0) is 26.0 Å². The largest absolute Gasteiger partial charge is 0.490 e. The molecule has 3 aromatic heterocycles. The summed E-state index contributed by atoms with van der Waals surface area (Å²) in [5.74, 6) is 1.75. The van der Waals surface area contributed by atoms with E-state index in [2.05, 4.69) is 15.1 Å². The average Bonchev–Trinajstić information content (AvgIpc) is 3.87. The van der Waals surface area contributed by atoms with Crippen molar-refractivity contribution in [2.75, 3.05) is 30.3 Å². The lowest BCUT2D eigenvalue weighted by Gasteiger charge is -2.47. The summed E-state index contributed by atoms with van der Waals surface area (Å²) in [7, 11) is -3.61. The zero-order valence-corrected chi connectivity index (χ0v) is 32.2. The van der Waals surface area contributed by atoms with E-state index in [9.17, 15) is 29.3 Å². The first-order valence-electron chi connectivity index (χ1n) is 17.7. The molecule has 8 rings (SSSR count). The van der Waals surface area contributed by atoms with Crippen LogP contribution in [0.1, 0.15) is 52.2 Å². The summed E-state index contributed by atoms with van der Waals surface area (Å²) in [5, 5.41) is 28.2. The summed E-state index contributed by atoms with van der Waals surface area (Å²) < 4.78 is 42.5. The van der Waals surface area contributed by atoms with Gasteiger partial charge in [0.05, 0.1) is 28.7 Å². The van der Waals surface area contributed by atoms with E-state index < -0.39 is 44.1 Å². The molecule has 1 aliphatic carbocycles. The highest BCUT2D eigenvalue weighted by Crippen LogP contribution is 2.47. The van der Waals surface area contributed by atoms with Crippen LogP contribution in [0.25, 0.3) is 11.3 Å². The second-order valence-corrected chi connectivity index (χ2v) is 15.5. The van der Waals surface area contributed by atoms with Gasteiger partial charge in [0.2, 0.25) is 0 Å². The number of aliphatic hydroxyl groups is 2. The lowest BCUT2D eigenvalue weighted by Crippen LogP contribution is -2.60. The van der Waals surface area contributed by atoms with Crippen molar-refractivity contribution < 1.29 is 47.7 Å². The summed E-state index contributed by atoms with van der Waals surface area (Å²) in [6.45, 7) is -0.209. The Bertz CT molecular complexity index is 2390. The molecule has 2 aliphatic heterocycles. The smallest absolute Gasteiger partial charge is 0.351 e. The molecule has 5 N–H and O–H groups in total. The van der Waals surface area contributed by atoms with Crippen LogP contribution in [0, 0.1) is 0 Å². The number of hydrogen-bond donors (Lipinski definition) is 4. The van der Waals surface area contributed by atoms with E-state index in [1.54, 1.807) is 53.4 Å². The van der Waals surface area contributed by atoms with E-state index in [1.807, 2.05) is 0 Å². The van der Waals surface area contributed by atoms with Crippen LogP contribution >= 0.6 is 31.5 Å². The zero-order valence-electron chi connectivity index (χ0n) is 29.7. The first-order chi connectivity index (χ1) is 27.4. The highest BCUT2D eigenvalue weighted by molar-refractivity contribution is 7.32. The number of pyridine rings is 1. The second-order valence-electron chi connectivity index (χ2n) is 13.9. The Kier molecular flexibility index (Phi) is 10.8. The number of benzene rings is 2. The molecule has 1 unspecified atom stereocenters. The Hall–Kier alpha value is -4.84. The molecule has 3 aliphatic rings. The van der Waals surface area contributed by atoms with Gasteiger partial charge in [0.1, 0.15) is 78.0 Å². The topological polar surface area (TPSA) is 235 Å². The number of nitrogens with two attached hydrogens (primary N) is 1. The summed E-state index contributed by atoms with van der Waals surface area (Å²) in [6, 6.07) is 14.5. The molecule has 17 nitrogen and oxygen atoms in total. The Morgan fingerprint density at radius 3 is 2.56 bits per heavy atom.